The molecule has 0 heterocycles. The van der Waals surface area contributed by atoms with E-state index in [9.17, 15) is 9.59 Å². The average Bonchev–Trinajstić information content (AvgIpc) is 2.73. The first-order valence-corrected chi connectivity index (χ1v) is 12.0. The van der Waals surface area contributed by atoms with Gasteiger partial charge < -0.3 is 5.11 Å². The molecular formula is C29H50O3. The molecule has 2 atom stereocenters. The molecular weight excluding hydrogens is 396 g/mol. The fraction of sp³-hybridized carbons (Fsp3) is 0.586. The number of ketones is 1. The number of rotatable bonds is 11. The van der Waals surface area contributed by atoms with Gasteiger partial charge in [-0.2, -0.15) is 0 Å². The average molecular weight is 447 g/mol. The van der Waals surface area contributed by atoms with Gasteiger partial charge in [-0.25, -0.2) is 0 Å². The maximum Gasteiger partial charge on any atom is 0.306 e. The first kappa shape index (κ1) is 34.5. The summed E-state index contributed by atoms with van der Waals surface area (Å²) in [5, 5.41) is 8.43. The summed E-state index contributed by atoms with van der Waals surface area (Å²) in [6.07, 6.45) is 17.3. The quantitative estimate of drug-likeness (QED) is 0.323. The van der Waals surface area contributed by atoms with Crippen LogP contribution in [-0.4, -0.2) is 16.9 Å². The second-order valence-electron chi connectivity index (χ2n) is 8.36. The molecule has 0 aliphatic rings. The Balaban J connectivity index is -0.000000638. The van der Waals surface area contributed by atoms with E-state index in [0.29, 0.717) is 5.92 Å². The summed E-state index contributed by atoms with van der Waals surface area (Å²) in [5.74, 6) is -0.0341. The minimum atomic E-state index is -0.691. The molecule has 0 radical (unpaired) electrons. The molecule has 0 aliphatic carbocycles. The van der Waals surface area contributed by atoms with Crippen molar-refractivity contribution in [2.24, 2.45) is 17.8 Å². The van der Waals surface area contributed by atoms with Crippen LogP contribution >= 0.6 is 0 Å². The smallest absolute Gasteiger partial charge is 0.306 e. The SMILES string of the molecule is CC.CC(C)CC(C)C(=O)O.C\C=C/C=C\C(=C\C)CC(=C/C)/C=C(\C)CC(C)C(C)=O. The van der Waals surface area contributed by atoms with Crippen LogP contribution in [0.2, 0.25) is 0 Å². The monoisotopic (exact) mass is 446 g/mol. The van der Waals surface area contributed by atoms with E-state index in [1.165, 1.54) is 16.7 Å². The highest BCUT2D eigenvalue weighted by Gasteiger charge is 2.11. The third kappa shape index (κ3) is 21.1. The van der Waals surface area contributed by atoms with E-state index in [1.54, 1.807) is 13.8 Å². The van der Waals surface area contributed by atoms with Gasteiger partial charge in [-0.05, 0) is 70.9 Å². The zero-order chi connectivity index (χ0) is 25.7. The Labute approximate surface area is 199 Å². The van der Waals surface area contributed by atoms with Crippen LogP contribution in [0.5, 0.6) is 0 Å². The molecule has 0 fully saturated rings. The van der Waals surface area contributed by atoms with E-state index in [-0.39, 0.29) is 17.6 Å². The molecule has 32 heavy (non-hydrogen) atoms. The second kappa shape index (κ2) is 22.0. The van der Waals surface area contributed by atoms with Crippen molar-refractivity contribution in [2.75, 3.05) is 0 Å². The number of carbonyl (C=O) groups is 2. The summed E-state index contributed by atoms with van der Waals surface area (Å²) in [6.45, 7) is 21.7. The van der Waals surface area contributed by atoms with Gasteiger partial charge in [-0.15, -0.1) is 0 Å². The van der Waals surface area contributed by atoms with Gasteiger partial charge in [0, 0.05) is 5.92 Å². The number of hydrogen-bond acceptors (Lipinski definition) is 2. The standard InChI is InChI=1S/C20H30O.C7H14O2.C2H6/c1-7-10-11-12-19(8-2)15-20(9-3)14-16(4)13-17(5)18(6)21;1-5(2)4-6(3)7(8)9;1-2/h7-12,14,17H,13,15H2,1-6H3;5-6H,4H2,1-3H3,(H,8,9);1-2H3/b10-7-,12-11-,16-14+,19-8-,20-9+;;. The number of hydrogen-bond donors (Lipinski definition) is 1. The molecule has 1 N–H and O–H groups in total. The van der Waals surface area contributed by atoms with Crippen LogP contribution in [0.25, 0.3) is 0 Å². The van der Waals surface area contributed by atoms with Crippen molar-refractivity contribution in [1.82, 2.24) is 0 Å². The maximum atomic E-state index is 11.3. The zero-order valence-electron chi connectivity index (χ0n) is 22.7. The minimum absolute atomic E-state index is 0.107. The Hall–Kier alpha value is -2.16. The molecule has 0 aromatic carbocycles. The first-order chi connectivity index (χ1) is 15.0. The van der Waals surface area contributed by atoms with Gasteiger partial charge in [0.2, 0.25) is 0 Å². The lowest BCUT2D eigenvalue weighted by Gasteiger charge is -2.09. The van der Waals surface area contributed by atoms with Gasteiger partial charge in [0.15, 0.2) is 0 Å². The van der Waals surface area contributed by atoms with Gasteiger partial charge in [0.25, 0.3) is 0 Å². The Bertz CT molecular complexity index is 658. The fourth-order valence-corrected chi connectivity index (χ4v) is 2.83. The second-order valence-corrected chi connectivity index (χ2v) is 8.36. The fourth-order valence-electron chi connectivity index (χ4n) is 2.83. The molecule has 0 aromatic rings. The zero-order valence-corrected chi connectivity index (χ0v) is 22.7. The molecule has 0 spiro atoms. The number of aliphatic carboxylic acids is 1. The lowest BCUT2D eigenvalue weighted by Crippen LogP contribution is -2.11. The van der Waals surface area contributed by atoms with Crippen LogP contribution in [-0.2, 0) is 9.59 Å². The molecule has 2 unspecified atom stereocenters. The third-order valence-corrected chi connectivity index (χ3v) is 4.76. The van der Waals surface area contributed by atoms with Gasteiger partial charge in [-0.3, -0.25) is 9.59 Å². The van der Waals surface area contributed by atoms with E-state index in [2.05, 4.69) is 51.2 Å². The molecule has 184 valence electrons. The van der Waals surface area contributed by atoms with Crippen molar-refractivity contribution >= 4 is 11.8 Å². The maximum absolute atomic E-state index is 11.3. The molecule has 0 saturated carbocycles. The number of allylic oxidation sites excluding steroid dienone is 10. The van der Waals surface area contributed by atoms with Gasteiger partial charge in [0.05, 0.1) is 5.92 Å². The van der Waals surface area contributed by atoms with Gasteiger partial charge >= 0.3 is 5.97 Å². The number of carbonyl (C=O) groups excluding carboxylic acids is 1. The molecule has 3 heteroatoms. The highest BCUT2D eigenvalue weighted by atomic mass is 16.4. The van der Waals surface area contributed by atoms with Crippen molar-refractivity contribution in [3.63, 3.8) is 0 Å². The van der Waals surface area contributed by atoms with E-state index in [0.717, 1.165) is 19.3 Å². The molecule has 0 rings (SSSR count). The number of Topliss-reactive ketones (excluding diaryl/α,β-unsaturated/α-hetero) is 1. The number of carboxylic acid groups (broad SMARTS) is 1. The highest BCUT2D eigenvalue weighted by Crippen LogP contribution is 2.19. The van der Waals surface area contributed by atoms with E-state index < -0.39 is 5.97 Å². The molecule has 3 nitrogen and oxygen atoms in total. The van der Waals surface area contributed by atoms with Crippen LogP contribution in [0, 0.1) is 17.8 Å². The molecule has 0 saturated heterocycles. The van der Waals surface area contributed by atoms with Gasteiger partial charge in [-0.1, -0.05) is 89.6 Å². The predicted molar refractivity (Wildman–Crippen MR) is 142 cm³/mol. The van der Waals surface area contributed by atoms with E-state index in [4.69, 9.17) is 5.11 Å². The van der Waals surface area contributed by atoms with Crippen LogP contribution in [0.4, 0.5) is 0 Å². The van der Waals surface area contributed by atoms with Gasteiger partial charge in [0.1, 0.15) is 5.78 Å². The normalized spacial score (nSPS) is 14.6. The summed E-state index contributed by atoms with van der Waals surface area (Å²) >= 11 is 0. The third-order valence-electron chi connectivity index (χ3n) is 4.76. The summed E-state index contributed by atoms with van der Waals surface area (Å²) < 4.78 is 0. The summed E-state index contributed by atoms with van der Waals surface area (Å²) in [4.78, 5) is 21.6. The molecule has 0 aliphatic heterocycles. The van der Waals surface area contributed by atoms with E-state index >= 15 is 0 Å². The van der Waals surface area contributed by atoms with E-state index in [1.807, 2.05) is 53.7 Å². The summed E-state index contributed by atoms with van der Waals surface area (Å²) in [6, 6.07) is 0. The van der Waals surface area contributed by atoms with Crippen LogP contribution in [0.3, 0.4) is 0 Å². The Morgan fingerprint density at radius 3 is 1.72 bits per heavy atom. The minimum Gasteiger partial charge on any atom is -0.481 e. The van der Waals surface area contributed by atoms with Crippen LogP contribution in [0.1, 0.15) is 95.4 Å². The van der Waals surface area contributed by atoms with Crippen molar-refractivity contribution in [3.8, 4) is 0 Å². The van der Waals surface area contributed by atoms with Crippen molar-refractivity contribution in [1.29, 1.82) is 0 Å². The first-order valence-electron chi connectivity index (χ1n) is 12.0. The Kier molecular flexibility index (Phi) is 23.7. The lowest BCUT2D eigenvalue weighted by molar-refractivity contribution is -0.141. The van der Waals surface area contributed by atoms with Crippen molar-refractivity contribution in [3.05, 3.63) is 59.3 Å². The largest absolute Gasteiger partial charge is 0.481 e. The number of carboxylic acids is 1. The Morgan fingerprint density at radius 1 is 0.844 bits per heavy atom. The molecule has 0 bridgehead atoms. The van der Waals surface area contributed by atoms with Crippen molar-refractivity contribution < 1.29 is 14.7 Å². The molecule has 0 aromatic heterocycles. The summed E-state index contributed by atoms with van der Waals surface area (Å²) in [5.41, 5.74) is 3.85. The topological polar surface area (TPSA) is 54.4 Å². The Morgan fingerprint density at radius 2 is 1.38 bits per heavy atom. The highest BCUT2D eigenvalue weighted by molar-refractivity contribution is 5.78. The van der Waals surface area contributed by atoms with Crippen LogP contribution in [0.15, 0.2) is 59.3 Å². The predicted octanol–water partition coefficient (Wildman–Crippen LogP) is 8.74. The van der Waals surface area contributed by atoms with Crippen molar-refractivity contribution in [2.45, 2.75) is 95.4 Å². The molecule has 0 amide bonds. The summed E-state index contributed by atoms with van der Waals surface area (Å²) in [7, 11) is 0. The van der Waals surface area contributed by atoms with Crippen LogP contribution < -0.4 is 0 Å². The lowest BCUT2D eigenvalue weighted by atomic mass is 9.95.